The molecule has 2 N–H and O–H groups in total. The molecule has 24 heavy (non-hydrogen) atoms. The molecule has 2 heterocycles. The van der Waals surface area contributed by atoms with Crippen LogP contribution in [0.1, 0.15) is 42.1 Å². The molecule has 0 aliphatic heterocycles. The summed E-state index contributed by atoms with van der Waals surface area (Å²) in [7, 11) is 0. The Morgan fingerprint density at radius 3 is 2.83 bits per heavy atom. The second kappa shape index (κ2) is 5.96. The first-order chi connectivity index (χ1) is 11.7. The number of carbonyl (C=O) groups is 1. The van der Waals surface area contributed by atoms with E-state index in [1.54, 1.807) is 18.3 Å². The number of carbonyl (C=O) groups excluding carboxylic acids is 1. The normalized spacial score (nSPS) is 15.0. The lowest BCUT2D eigenvalue weighted by Gasteiger charge is -2.15. The molecular formula is C18H18N4O2. The van der Waals surface area contributed by atoms with Crippen LogP contribution in [-0.2, 0) is 0 Å². The van der Waals surface area contributed by atoms with Gasteiger partial charge in [0.2, 0.25) is 5.56 Å². The highest BCUT2D eigenvalue weighted by atomic mass is 16.2. The van der Waals surface area contributed by atoms with Gasteiger partial charge in [-0.1, -0.05) is 31.0 Å². The minimum absolute atomic E-state index is 0.289. The van der Waals surface area contributed by atoms with E-state index in [-0.39, 0.29) is 11.5 Å². The number of pyridine rings is 1. The van der Waals surface area contributed by atoms with Crippen molar-refractivity contribution in [3.05, 3.63) is 58.5 Å². The summed E-state index contributed by atoms with van der Waals surface area (Å²) in [5, 5.41) is 7.99. The molecule has 1 saturated carbocycles. The van der Waals surface area contributed by atoms with Gasteiger partial charge in [0.1, 0.15) is 5.82 Å². The second-order valence-corrected chi connectivity index (χ2v) is 6.15. The van der Waals surface area contributed by atoms with Crippen LogP contribution in [0.2, 0.25) is 0 Å². The van der Waals surface area contributed by atoms with E-state index < -0.39 is 0 Å². The van der Waals surface area contributed by atoms with Gasteiger partial charge in [-0.3, -0.25) is 9.59 Å². The summed E-state index contributed by atoms with van der Waals surface area (Å²) in [6, 6.07) is 10.8. The lowest BCUT2D eigenvalue weighted by atomic mass is 10.1. The Bertz CT molecular complexity index is 951. The number of hydrogen-bond donors (Lipinski definition) is 2. The molecule has 1 amide bonds. The first kappa shape index (κ1) is 14.7. The number of H-pyrrole nitrogens is 1. The molecule has 122 valence electrons. The molecule has 0 bridgehead atoms. The zero-order valence-electron chi connectivity index (χ0n) is 13.2. The quantitative estimate of drug-likeness (QED) is 0.777. The van der Waals surface area contributed by atoms with E-state index in [4.69, 9.17) is 0 Å². The molecule has 0 atom stereocenters. The summed E-state index contributed by atoms with van der Waals surface area (Å²) >= 11 is 0. The second-order valence-electron chi connectivity index (χ2n) is 6.15. The fourth-order valence-corrected chi connectivity index (χ4v) is 3.43. The van der Waals surface area contributed by atoms with Gasteiger partial charge in [0.05, 0.1) is 17.8 Å². The summed E-state index contributed by atoms with van der Waals surface area (Å²) in [6.07, 6.45) is 6.24. The zero-order valence-corrected chi connectivity index (χ0v) is 13.2. The number of rotatable bonds is 3. The van der Waals surface area contributed by atoms with Crippen LogP contribution < -0.4 is 10.9 Å². The monoisotopic (exact) mass is 322 g/mol. The first-order valence-electron chi connectivity index (χ1n) is 8.19. The average molecular weight is 322 g/mol. The molecule has 6 nitrogen and oxygen atoms in total. The van der Waals surface area contributed by atoms with Crippen LogP contribution in [0, 0.1) is 0 Å². The Morgan fingerprint density at radius 1 is 1.21 bits per heavy atom. The smallest absolute Gasteiger partial charge is 0.257 e. The fourth-order valence-electron chi connectivity index (χ4n) is 3.43. The lowest BCUT2D eigenvalue weighted by Crippen LogP contribution is -2.20. The third kappa shape index (κ3) is 2.60. The van der Waals surface area contributed by atoms with Gasteiger partial charge in [-0.2, -0.15) is 5.10 Å². The molecule has 4 rings (SSSR count). The van der Waals surface area contributed by atoms with Crippen molar-refractivity contribution in [3.8, 4) is 0 Å². The SMILES string of the molecule is O=C(Nc1ccnn1C1CCCC1)c1cc(=O)[nH]c2ccccc12. The molecule has 1 fully saturated rings. The van der Waals surface area contributed by atoms with E-state index in [1.807, 2.05) is 22.9 Å². The number of aromatic nitrogens is 3. The van der Waals surface area contributed by atoms with Gasteiger partial charge in [-0.05, 0) is 18.9 Å². The van der Waals surface area contributed by atoms with Crippen LogP contribution in [-0.4, -0.2) is 20.7 Å². The molecule has 0 radical (unpaired) electrons. The van der Waals surface area contributed by atoms with Gasteiger partial charge in [0.15, 0.2) is 0 Å². The largest absolute Gasteiger partial charge is 0.322 e. The predicted octanol–water partition coefficient (Wildman–Crippen LogP) is 3.09. The van der Waals surface area contributed by atoms with E-state index in [0.717, 1.165) is 18.2 Å². The summed E-state index contributed by atoms with van der Waals surface area (Å²) in [5.74, 6) is 0.383. The first-order valence-corrected chi connectivity index (χ1v) is 8.19. The molecule has 2 aromatic heterocycles. The van der Waals surface area contributed by atoms with Gasteiger partial charge in [0.25, 0.3) is 5.91 Å². The van der Waals surface area contributed by atoms with Gasteiger partial charge in [0, 0.05) is 23.0 Å². The molecule has 1 aromatic carbocycles. The maximum Gasteiger partial charge on any atom is 0.257 e. The third-order valence-corrected chi connectivity index (χ3v) is 4.58. The molecule has 1 aliphatic rings. The Morgan fingerprint density at radius 2 is 2.00 bits per heavy atom. The highest BCUT2D eigenvalue weighted by molar-refractivity contribution is 6.11. The van der Waals surface area contributed by atoms with Crippen LogP contribution in [0.4, 0.5) is 5.82 Å². The molecule has 0 unspecified atom stereocenters. The number of para-hydroxylation sites is 1. The van der Waals surface area contributed by atoms with E-state index >= 15 is 0 Å². The number of anilines is 1. The predicted molar refractivity (Wildman–Crippen MR) is 92.3 cm³/mol. The van der Waals surface area contributed by atoms with Crippen molar-refractivity contribution in [2.75, 3.05) is 5.32 Å². The maximum atomic E-state index is 12.7. The summed E-state index contributed by atoms with van der Waals surface area (Å²) in [4.78, 5) is 27.3. The minimum Gasteiger partial charge on any atom is -0.322 e. The summed E-state index contributed by atoms with van der Waals surface area (Å²) in [6.45, 7) is 0. The number of hydrogen-bond acceptors (Lipinski definition) is 3. The van der Waals surface area contributed by atoms with Crippen molar-refractivity contribution in [3.63, 3.8) is 0 Å². The Kier molecular flexibility index (Phi) is 3.65. The number of amides is 1. The molecule has 3 aromatic rings. The van der Waals surface area contributed by atoms with Crippen molar-refractivity contribution in [2.24, 2.45) is 0 Å². The van der Waals surface area contributed by atoms with Crippen molar-refractivity contribution in [2.45, 2.75) is 31.7 Å². The van der Waals surface area contributed by atoms with Crippen LogP contribution in [0.3, 0.4) is 0 Å². The lowest BCUT2D eigenvalue weighted by molar-refractivity contribution is 0.102. The van der Waals surface area contributed by atoms with Gasteiger partial charge in [-0.25, -0.2) is 4.68 Å². The molecule has 0 saturated heterocycles. The maximum absolute atomic E-state index is 12.7. The van der Waals surface area contributed by atoms with E-state index in [2.05, 4.69) is 15.4 Å². The highest BCUT2D eigenvalue weighted by Crippen LogP contribution is 2.31. The molecule has 1 aliphatic carbocycles. The number of fused-ring (bicyclic) bond motifs is 1. The van der Waals surface area contributed by atoms with Crippen LogP contribution >= 0.6 is 0 Å². The van der Waals surface area contributed by atoms with Crippen molar-refractivity contribution in [1.82, 2.24) is 14.8 Å². The Balaban J connectivity index is 1.68. The topological polar surface area (TPSA) is 79.8 Å². The van der Waals surface area contributed by atoms with Crippen LogP contribution in [0.25, 0.3) is 10.9 Å². The van der Waals surface area contributed by atoms with Crippen molar-refractivity contribution < 1.29 is 4.79 Å². The number of nitrogens with one attached hydrogen (secondary N) is 2. The van der Waals surface area contributed by atoms with E-state index in [1.165, 1.54) is 18.9 Å². The standard InChI is InChI=1S/C18H18N4O2/c23-17-11-14(13-7-3-4-8-15(13)20-17)18(24)21-16-9-10-19-22(16)12-5-1-2-6-12/h3-4,7-12H,1-2,5-6H2,(H,20,23)(H,21,24). The van der Waals surface area contributed by atoms with Gasteiger partial charge < -0.3 is 10.3 Å². The molecular weight excluding hydrogens is 304 g/mol. The zero-order chi connectivity index (χ0) is 16.5. The number of nitrogens with zero attached hydrogens (tertiary/aromatic N) is 2. The fraction of sp³-hybridized carbons (Fsp3) is 0.278. The number of benzene rings is 1. The Hall–Kier alpha value is -2.89. The van der Waals surface area contributed by atoms with Crippen LogP contribution in [0.15, 0.2) is 47.4 Å². The van der Waals surface area contributed by atoms with Crippen molar-refractivity contribution in [1.29, 1.82) is 0 Å². The third-order valence-electron chi connectivity index (χ3n) is 4.58. The van der Waals surface area contributed by atoms with Crippen molar-refractivity contribution >= 4 is 22.6 Å². The summed E-state index contributed by atoms with van der Waals surface area (Å²) in [5.41, 5.74) is 0.733. The average Bonchev–Trinajstić information content (AvgIpc) is 3.25. The molecule has 0 spiro atoms. The van der Waals surface area contributed by atoms with Gasteiger partial charge in [-0.15, -0.1) is 0 Å². The van der Waals surface area contributed by atoms with Gasteiger partial charge >= 0.3 is 0 Å². The Labute approximate surface area is 138 Å². The molecule has 6 heteroatoms. The number of aromatic amines is 1. The minimum atomic E-state index is -0.294. The summed E-state index contributed by atoms with van der Waals surface area (Å²) < 4.78 is 1.89. The van der Waals surface area contributed by atoms with E-state index in [0.29, 0.717) is 22.9 Å². The van der Waals surface area contributed by atoms with Crippen LogP contribution in [0.5, 0.6) is 0 Å². The highest BCUT2D eigenvalue weighted by Gasteiger charge is 2.21. The van der Waals surface area contributed by atoms with E-state index in [9.17, 15) is 9.59 Å².